The van der Waals surface area contributed by atoms with Crippen LogP contribution in [0.25, 0.3) is 0 Å². The molecule has 0 amide bonds. The molecule has 1 N–H and O–H groups in total. The van der Waals surface area contributed by atoms with Gasteiger partial charge in [-0.05, 0) is 106 Å². The number of hydrogen-bond acceptors (Lipinski definition) is 6. The van der Waals surface area contributed by atoms with Crippen molar-refractivity contribution in [1.82, 2.24) is 0 Å². The molecular weight excluding hydrogens is 1110 g/mol. The van der Waals surface area contributed by atoms with Crippen molar-refractivity contribution in [2.75, 3.05) is 22.1 Å². The van der Waals surface area contributed by atoms with Crippen molar-refractivity contribution >= 4 is 88.2 Å². The zero-order valence-electron chi connectivity index (χ0n) is 26.5. The molecule has 0 spiro atoms. The van der Waals surface area contributed by atoms with Gasteiger partial charge in [-0.1, -0.05) is 75.5 Å². The van der Waals surface area contributed by atoms with Crippen molar-refractivity contribution in [2.24, 2.45) is 0 Å². The smallest absolute Gasteiger partial charge is 0.460 e. The lowest BCUT2D eigenvalue weighted by atomic mass is 9.96. The van der Waals surface area contributed by atoms with E-state index < -0.39 is 49.5 Å². The van der Waals surface area contributed by atoms with E-state index in [9.17, 15) is 44.3 Å². The van der Waals surface area contributed by atoms with Crippen molar-refractivity contribution in [3.05, 3.63) is 118 Å². The molecule has 6 nitrogen and oxygen atoms in total. The summed E-state index contributed by atoms with van der Waals surface area (Å²) in [6.45, 7) is 0.249. The van der Waals surface area contributed by atoms with Crippen LogP contribution in [0.15, 0.2) is 118 Å². The fourth-order valence-electron chi connectivity index (χ4n) is 4.91. The second kappa shape index (κ2) is 16.9. The number of phenols is 1. The molecule has 1 unspecified atom stereocenters. The summed E-state index contributed by atoms with van der Waals surface area (Å²) in [5, 5.41) is 2.83. The number of rotatable bonds is 16. The van der Waals surface area contributed by atoms with Crippen LogP contribution in [0.3, 0.4) is 0 Å². The molecule has 0 aliphatic carbocycles. The van der Waals surface area contributed by atoms with Gasteiger partial charge in [0.05, 0.1) is 13.2 Å². The Bertz CT molecular complexity index is 1930. The van der Waals surface area contributed by atoms with Gasteiger partial charge < -0.3 is 14.6 Å². The number of phenolic OH excluding ortho intramolecular Hbond substituents is 1. The Morgan fingerprint density at radius 3 is 1.43 bits per heavy atom. The Labute approximate surface area is 340 Å². The summed E-state index contributed by atoms with van der Waals surface area (Å²) < 4.78 is 173. The highest BCUT2D eigenvalue weighted by molar-refractivity contribution is 14.1. The molecule has 4 rings (SSSR count). The first-order valence-electron chi connectivity index (χ1n) is 14.7. The fraction of sp³-hybridized carbons (Fsp3) is 0.273. The molecule has 0 aliphatic rings. The minimum atomic E-state index is -7.52. The van der Waals surface area contributed by atoms with Crippen molar-refractivity contribution < 1.29 is 66.1 Å². The van der Waals surface area contributed by atoms with Gasteiger partial charge in [0.2, 0.25) is 5.79 Å². The summed E-state index contributed by atoms with van der Waals surface area (Å²) in [7, 11) is -11.6. The van der Waals surface area contributed by atoms with Crippen LogP contribution in [0, 0.1) is 3.57 Å². The Morgan fingerprint density at radius 1 is 0.585 bits per heavy atom. The summed E-state index contributed by atoms with van der Waals surface area (Å²) in [6.07, 6.45) is -7.27. The summed E-state index contributed by atoms with van der Waals surface area (Å²) in [5.74, 6) is -16.8. The molecule has 0 fully saturated rings. The maximum atomic E-state index is 15.3. The number of hydrogen-bond donors (Lipinski definition) is 1. The SMILES string of the molecule is O=S(=O)(OS(c1ccccc1)(c1ccc(I)cc1)c1ccc(C(OCCI)(OCCI)c2ccc(O)cc2)cc1)C(F)(F)C(F)(F)C(F)(F)C(F)(F)F. The zero-order chi connectivity index (χ0) is 39.5. The average molecular weight is 1130 g/mol. The van der Waals surface area contributed by atoms with Crippen molar-refractivity contribution in [1.29, 1.82) is 0 Å². The van der Waals surface area contributed by atoms with Crippen LogP contribution < -0.4 is 0 Å². The van der Waals surface area contributed by atoms with E-state index in [-0.39, 0.29) is 39.2 Å². The topological polar surface area (TPSA) is 82.1 Å². The van der Waals surface area contributed by atoms with Crippen LogP contribution in [0.2, 0.25) is 0 Å². The lowest BCUT2D eigenvalue weighted by Gasteiger charge is -2.42. The molecule has 20 heteroatoms. The zero-order valence-corrected chi connectivity index (χ0v) is 34.6. The maximum absolute atomic E-state index is 15.3. The second-order valence-electron chi connectivity index (χ2n) is 10.8. The number of benzene rings is 4. The molecule has 0 aromatic heterocycles. The van der Waals surface area contributed by atoms with Crippen LogP contribution in [0.1, 0.15) is 11.1 Å². The van der Waals surface area contributed by atoms with E-state index in [1.54, 1.807) is 0 Å². The third-order valence-corrected chi connectivity index (χ3v) is 14.2. The third-order valence-electron chi connectivity index (χ3n) is 7.42. The minimum Gasteiger partial charge on any atom is -0.508 e. The number of halogens is 12. The van der Waals surface area contributed by atoms with Crippen molar-refractivity contribution in [3.8, 4) is 5.75 Å². The predicted molar refractivity (Wildman–Crippen MR) is 204 cm³/mol. The quantitative estimate of drug-likeness (QED) is 0.0521. The Hall–Kier alpha value is -1.58. The van der Waals surface area contributed by atoms with Gasteiger partial charge in [0.1, 0.15) is 5.75 Å². The second-order valence-corrected chi connectivity index (χ2v) is 18.7. The number of aromatic hydroxyl groups is 1. The molecule has 0 radical (unpaired) electrons. The molecule has 0 saturated heterocycles. The normalized spacial score (nSPS) is 15.2. The summed E-state index contributed by atoms with van der Waals surface area (Å²) >= 11 is 5.97. The molecule has 0 aliphatic heterocycles. The first kappa shape index (κ1) is 44.1. The predicted octanol–water partition coefficient (Wildman–Crippen LogP) is 11.1. The van der Waals surface area contributed by atoms with Crippen molar-refractivity contribution in [3.63, 3.8) is 0 Å². The molecule has 4 aromatic rings. The summed E-state index contributed by atoms with van der Waals surface area (Å²) in [6, 6.07) is 22.6. The van der Waals surface area contributed by atoms with Gasteiger partial charge in [-0.15, -0.1) is 0 Å². The lowest BCUT2D eigenvalue weighted by Crippen LogP contribution is -2.63. The monoisotopic (exact) mass is 1130 g/mol. The van der Waals surface area contributed by atoms with Gasteiger partial charge in [0.15, 0.2) is 0 Å². The van der Waals surface area contributed by atoms with Crippen LogP contribution in [0.4, 0.5) is 39.5 Å². The average Bonchev–Trinajstić information content (AvgIpc) is 3.11. The maximum Gasteiger partial charge on any atom is 0.460 e. The lowest BCUT2D eigenvalue weighted by molar-refractivity contribution is -0.382. The molecule has 4 aromatic carbocycles. The van der Waals surface area contributed by atoms with Gasteiger partial charge in [-0.2, -0.15) is 47.9 Å². The molecule has 0 saturated carbocycles. The van der Waals surface area contributed by atoms with E-state index in [0.29, 0.717) is 18.0 Å². The van der Waals surface area contributed by atoms with Crippen LogP contribution in [-0.2, 0) is 29.0 Å². The molecule has 1 atom stereocenters. The summed E-state index contributed by atoms with van der Waals surface area (Å²) in [4.78, 5) is -0.734. The Morgan fingerprint density at radius 2 is 1.00 bits per heavy atom. The van der Waals surface area contributed by atoms with E-state index in [2.05, 4.69) is 45.2 Å². The van der Waals surface area contributed by atoms with E-state index in [1.165, 1.54) is 103 Å². The van der Waals surface area contributed by atoms with E-state index in [4.69, 9.17) is 13.1 Å². The molecule has 290 valence electrons. The van der Waals surface area contributed by atoms with Crippen LogP contribution in [-0.4, -0.2) is 58.9 Å². The minimum absolute atomic E-state index is 0.0803. The largest absolute Gasteiger partial charge is 0.508 e. The third kappa shape index (κ3) is 8.43. The molecule has 0 heterocycles. The number of ether oxygens (including phenoxy) is 2. The first-order chi connectivity index (χ1) is 24.6. The van der Waals surface area contributed by atoms with E-state index >= 15 is 8.78 Å². The molecule has 0 bridgehead atoms. The van der Waals surface area contributed by atoms with Gasteiger partial charge >= 0.3 is 33.4 Å². The van der Waals surface area contributed by atoms with E-state index in [1.807, 2.05) is 22.6 Å². The highest BCUT2D eigenvalue weighted by Gasteiger charge is 2.86. The first-order valence-corrected chi connectivity index (χ1v) is 21.8. The van der Waals surface area contributed by atoms with Gasteiger partial charge in [0.25, 0.3) is 0 Å². The summed E-state index contributed by atoms with van der Waals surface area (Å²) in [5.41, 5.74) is 0.637. The standard InChI is InChI=1S/C33H26F9I3O6S2/c34-30(35,32(38,39)40)31(36,37)33(41,42)53(47,48)51-52(26-4-2-1-3-5-26,28-16-10-24(45)11-17-28)27-14-8-23(9-15-27)29(49-20-18-43,50-21-19-44)22-6-12-25(46)13-7-22/h1-17,46H,18-21H2. The number of alkyl halides is 11. The highest BCUT2D eigenvalue weighted by Crippen LogP contribution is 2.71. The van der Waals surface area contributed by atoms with Gasteiger partial charge in [0, 0.05) is 38.2 Å². The van der Waals surface area contributed by atoms with Gasteiger partial charge in [-0.25, -0.2) is 3.63 Å². The van der Waals surface area contributed by atoms with Crippen molar-refractivity contribution in [2.45, 2.75) is 43.7 Å². The van der Waals surface area contributed by atoms with Gasteiger partial charge in [-0.3, -0.25) is 0 Å². The molecular formula is C33H26F9I3O6S2. The Kier molecular flexibility index (Phi) is 14.1. The fourth-order valence-corrected chi connectivity index (χ4v) is 10.9. The molecule has 53 heavy (non-hydrogen) atoms. The van der Waals surface area contributed by atoms with E-state index in [0.717, 1.165) is 0 Å². The Balaban J connectivity index is 2.04. The highest BCUT2D eigenvalue weighted by atomic mass is 127. The van der Waals surface area contributed by atoms with Crippen LogP contribution in [0.5, 0.6) is 5.75 Å². The van der Waals surface area contributed by atoms with Crippen LogP contribution >= 0.6 is 78.1 Å².